The predicted octanol–water partition coefficient (Wildman–Crippen LogP) is 2.21. The predicted molar refractivity (Wildman–Crippen MR) is 76.3 cm³/mol. The maximum Gasteiger partial charge on any atom is 0.246 e. The van der Waals surface area contributed by atoms with E-state index in [0.29, 0.717) is 31.5 Å². The van der Waals surface area contributed by atoms with Crippen molar-refractivity contribution in [1.29, 1.82) is 0 Å². The summed E-state index contributed by atoms with van der Waals surface area (Å²) < 4.78 is 28.4. The van der Waals surface area contributed by atoms with Crippen LogP contribution in [0.15, 0.2) is 17.3 Å². The maximum atomic E-state index is 12.6. The third kappa shape index (κ3) is 4.31. The summed E-state index contributed by atoms with van der Waals surface area (Å²) in [4.78, 5) is 0.288. The molecule has 0 bridgehead atoms. The molecule has 5 nitrogen and oxygen atoms in total. The lowest BCUT2D eigenvalue weighted by Crippen LogP contribution is -2.36. The monoisotopic (exact) mass is 287 g/mol. The molecule has 0 N–H and O–H groups in total. The Kier molecular flexibility index (Phi) is 5.55. The molecule has 0 radical (unpaired) electrons. The van der Waals surface area contributed by atoms with Crippen LogP contribution in [-0.4, -0.2) is 35.6 Å². The van der Waals surface area contributed by atoms with Gasteiger partial charge in [-0.3, -0.25) is 4.68 Å². The molecular weight excluding hydrogens is 262 g/mol. The average Bonchev–Trinajstić information content (AvgIpc) is 2.75. The van der Waals surface area contributed by atoms with Crippen molar-refractivity contribution in [1.82, 2.24) is 14.1 Å². The molecule has 0 saturated heterocycles. The highest BCUT2D eigenvalue weighted by molar-refractivity contribution is 7.89. The molecule has 0 aliphatic heterocycles. The van der Waals surface area contributed by atoms with Gasteiger partial charge in [0.15, 0.2) is 0 Å². The molecule has 0 amide bonds. The largest absolute Gasteiger partial charge is 0.272 e. The average molecular weight is 287 g/mol. The van der Waals surface area contributed by atoms with E-state index in [-0.39, 0.29) is 4.90 Å². The molecule has 6 heteroatoms. The van der Waals surface area contributed by atoms with Gasteiger partial charge in [0, 0.05) is 25.8 Å². The van der Waals surface area contributed by atoms with Gasteiger partial charge in [0.05, 0.1) is 6.20 Å². The number of sulfonamides is 1. The lowest BCUT2D eigenvalue weighted by Gasteiger charge is -2.24. The number of rotatable bonds is 7. The summed E-state index contributed by atoms with van der Waals surface area (Å²) >= 11 is 0. The molecule has 0 fully saturated rings. The van der Waals surface area contributed by atoms with Crippen molar-refractivity contribution in [2.45, 2.75) is 46.1 Å². The van der Waals surface area contributed by atoms with Gasteiger partial charge in [-0.05, 0) is 18.8 Å². The van der Waals surface area contributed by atoms with E-state index in [1.54, 1.807) is 15.2 Å². The van der Waals surface area contributed by atoms with Gasteiger partial charge in [0.25, 0.3) is 0 Å². The van der Waals surface area contributed by atoms with Crippen LogP contribution in [0.3, 0.4) is 0 Å². The molecular formula is C13H25N3O2S. The van der Waals surface area contributed by atoms with Crippen LogP contribution in [0.4, 0.5) is 0 Å². The summed E-state index contributed by atoms with van der Waals surface area (Å²) in [5, 5.41) is 4.05. The van der Waals surface area contributed by atoms with Crippen LogP contribution in [0, 0.1) is 11.8 Å². The number of hydrogen-bond donors (Lipinski definition) is 0. The fraction of sp³-hybridized carbons (Fsp3) is 0.769. The molecule has 0 saturated carbocycles. The van der Waals surface area contributed by atoms with Crippen LogP contribution in [-0.2, 0) is 16.6 Å². The van der Waals surface area contributed by atoms with E-state index in [4.69, 9.17) is 0 Å². The van der Waals surface area contributed by atoms with Gasteiger partial charge in [-0.25, -0.2) is 8.42 Å². The maximum absolute atomic E-state index is 12.6. The number of aryl methyl sites for hydroxylation is 1. The third-order valence-electron chi connectivity index (χ3n) is 2.71. The van der Waals surface area contributed by atoms with Crippen molar-refractivity contribution < 1.29 is 8.42 Å². The Hall–Kier alpha value is -0.880. The topological polar surface area (TPSA) is 55.2 Å². The zero-order chi connectivity index (χ0) is 14.6. The second-order valence-corrected chi connectivity index (χ2v) is 7.58. The molecule has 0 spiro atoms. The third-order valence-corrected chi connectivity index (χ3v) is 4.49. The number of aromatic nitrogens is 2. The van der Waals surface area contributed by atoms with Gasteiger partial charge in [-0.1, -0.05) is 27.7 Å². The van der Waals surface area contributed by atoms with Gasteiger partial charge in [0.2, 0.25) is 10.0 Å². The number of hydrogen-bond acceptors (Lipinski definition) is 3. The minimum absolute atomic E-state index is 0.288. The van der Waals surface area contributed by atoms with Crippen LogP contribution < -0.4 is 0 Å². The van der Waals surface area contributed by atoms with E-state index in [1.165, 1.54) is 6.20 Å². The van der Waals surface area contributed by atoms with E-state index in [1.807, 2.05) is 34.6 Å². The lowest BCUT2D eigenvalue weighted by molar-refractivity contribution is 0.333. The molecule has 110 valence electrons. The Morgan fingerprint density at radius 1 is 1.21 bits per heavy atom. The Balaban J connectivity index is 3.03. The van der Waals surface area contributed by atoms with E-state index >= 15 is 0 Å². The second-order valence-electron chi connectivity index (χ2n) is 5.64. The van der Waals surface area contributed by atoms with E-state index < -0.39 is 10.0 Å². The summed E-state index contributed by atoms with van der Waals surface area (Å²) in [6.45, 7) is 11.8. The summed E-state index contributed by atoms with van der Waals surface area (Å²) in [5.74, 6) is 0.601. The summed E-state index contributed by atoms with van der Waals surface area (Å²) in [6.07, 6.45) is 3.04. The Morgan fingerprint density at radius 3 is 2.11 bits per heavy atom. The molecule has 0 atom stereocenters. The summed E-state index contributed by atoms with van der Waals surface area (Å²) in [7, 11) is -3.43. The Morgan fingerprint density at radius 2 is 1.74 bits per heavy atom. The van der Waals surface area contributed by atoms with Gasteiger partial charge in [0.1, 0.15) is 4.90 Å². The van der Waals surface area contributed by atoms with Crippen molar-refractivity contribution >= 4 is 10.0 Å². The highest BCUT2D eigenvalue weighted by Gasteiger charge is 2.27. The van der Waals surface area contributed by atoms with Crippen LogP contribution in [0.25, 0.3) is 0 Å². The highest BCUT2D eigenvalue weighted by atomic mass is 32.2. The molecule has 1 rings (SSSR count). The minimum atomic E-state index is -3.43. The standard InChI is InChI=1S/C13H25N3O2S/c1-6-15-10-13(7-14-15)19(17,18)16(8-11(2)3)9-12(4)5/h7,10-12H,6,8-9H2,1-5H3. The van der Waals surface area contributed by atoms with Crippen LogP contribution in [0.1, 0.15) is 34.6 Å². The van der Waals surface area contributed by atoms with Gasteiger partial charge >= 0.3 is 0 Å². The zero-order valence-corrected chi connectivity index (χ0v) is 13.3. The molecule has 1 heterocycles. The van der Waals surface area contributed by atoms with Gasteiger partial charge < -0.3 is 0 Å². The minimum Gasteiger partial charge on any atom is -0.272 e. The number of nitrogens with zero attached hydrogens (tertiary/aromatic N) is 3. The Bertz CT molecular complexity index is 482. The van der Waals surface area contributed by atoms with Gasteiger partial charge in [-0.15, -0.1) is 0 Å². The van der Waals surface area contributed by atoms with Crippen molar-refractivity contribution in [3.05, 3.63) is 12.4 Å². The highest BCUT2D eigenvalue weighted by Crippen LogP contribution is 2.18. The quantitative estimate of drug-likeness (QED) is 0.772. The lowest BCUT2D eigenvalue weighted by atomic mass is 10.2. The summed E-state index contributed by atoms with van der Waals surface area (Å²) in [6, 6.07) is 0. The second kappa shape index (κ2) is 6.52. The first-order valence-electron chi connectivity index (χ1n) is 6.80. The molecule has 19 heavy (non-hydrogen) atoms. The molecule has 0 aliphatic rings. The first kappa shape index (κ1) is 16.2. The molecule has 0 aliphatic carbocycles. The molecule has 1 aromatic rings. The van der Waals surface area contributed by atoms with Crippen molar-refractivity contribution in [2.24, 2.45) is 11.8 Å². The molecule has 0 aromatic carbocycles. The van der Waals surface area contributed by atoms with Crippen molar-refractivity contribution in [3.63, 3.8) is 0 Å². The van der Waals surface area contributed by atoms with Crippen molar-refractivity contribution in [2.75, 3.05) is 13.1 Å². The van der Waals surface area contributed by atoms with Crippen LogP contribution in [0.2, 0.25) is 0 Å². The fourth-order valence-electron chi connectivity index (χ4n) is 1.89. The fourth-order valence-corrected chi connectivity index (χ4v) is 3.61. The molecule has 1 aromatic heterocycles. The zero-order valence-electron chi connectivity index (χ0n) is 12.5. The van der Waals surface area contributed by atoms with Crippen LogP contribution in [0.5, 0.6) is 0 Å². The van der Waals surface area contributed by atoms with Gasteiger partial charge in [-0.2, -0.15) is 9.40 Å². The van der Waals surface area contributed by atoms with E-state index in [9.17, 15) is 8.42 Å². The van der Waals surface area contributed by atoms with E-state index in [0.717, 1.165) is 0 Å². The Labute approximate surface area is 116 Å². The SMILES string of the molecule is CCn1cc(S(=O)(=O)N(CC(C)C)CC(C)C)cn1. The van der Waals surface area contributed by atoms with Crippen LogP contribution >= 0.6 is 0 Å². The smallest absolute Gasteiger partial charge is 0.246 e. The normalized spacial score (nSPS) is 12.8. The van der Waals surface area contributed by atoms with E-state index in [2.05, 4.69) is 5.10 Å². The van der Waals surface area contributed by atoms with Crippen molar-refractivity contribution in [3.8, 4) is 0 Å². The molecule has 0 unspecified atom stereocenters. The first-order valence-corrected chi connectivity index (χ1v) is 8.24. The summed E-state index contributed by atoms with van der Waals surface area (Å²) in [5.41, 5.74) is 0. The first-order chi connectivity index (χ1) is 8.77.